The smallest absolute Gasteiger partial charge is 0.235 e. The molecule has 204 valence electrons. The van der Waals surface area contributed by atoms with Crippen molar-refractivity contribution in [3.8, 4) is 34.3 Å². The van der Waals surface area contributed by atoms with Crippen LogP contribution in [0.25, 0.3) is 22.2 Å². The first-order chi connectivity index (χ1) is 19.1. The summed E-state index contributed by atoms with van der Waals surface area (Å²) in [5.74, 6) is 1.39. The number of hydrogen-bond donors (Lipinski definition) is 1. The minimum Gasteiger partial charge on any atom is -0.493 e. The minimum absolute atomic E-state index is 0.149. The third-order valence-electron chi connectivity index (χ3n) is 6.70. The molecule has 0 fully saturated rings. The van der Waals surface area contributed by atoms with E-state index in [9.17, 15) is 9.60 Å². The number of benzene rings is 3. The molecule has 2 aromatic heterocycles. The van der Waals surface area contributed by atoms with Crippen molar-refractivity contribution in [2.45, 2.75) is 39.7 Å². The largest absolute Gasteiger partial charge is 0.493 e. The molecule has 0 unspecified atom stereocenters. The van der Waals surface area contributed by atoms with E-state index < -0.39 is 5.82 Å². The highest BCUT2D eigenvalue weighted by Gasteiger charge is 2.23. The number of fused-ring (bicyclic) bond motifs is 1. The fourth-order valence-electron chi connectivity index (χ4n) is 4.55. The quantitative estimate of drug-likeness (QED) is 0.171. The molecule has 1 N–H and O–H groups in total. The van der Waals surface area contributed by atoms with Crippen LogP contribution in [0.3, 0.4) is 0 Å². The van der Waals surface area contributed by atoms with Gasteiger partial charge in [-0.25, -0.2) is 9.37 Å². The second kappa shape index (κ2) is 10.8. The number of ether oxygens (including phenoxy) is 3. The van der Waals surface area contributed by atoms with Crippen molar-refractivity contribution in [1.29, 1.82) is 0 Å². The standard InChI is InChI=1S/C33H32FN2O4/c1-21-15-23(33(2,3)4)16-31(40-28-12-11-24(34)17-30(28)38-5)32(21)27-18-29(39-20-22-9-7-6-8-10-22)25-19-36(37)14-13-26(25)35-27/h6-19,37H,20H2,1-5H3/q+1. The van der Waals surface area contributed by atoms with Gasteiger partial charge in [-0.1, -0.05) is 57.2 Å². The van der Waals surface area contributed by atoms with Crippen molar-refractivity contribution in [3.63, 3.8) is 0 Å². The average Bonchev–Trinajstić information content (AvgIpc) is 2.92. The molecule has 6 nitrogen and oxygen atoms in total. The van der Waals surface area contributed by atoms with Crippen LogP contribution >= 0.6 is 0 Å². The van der Waals surface area contributed by atoms with Gasteiger partial charge in [-0.2, -0.15) is 0 Å². The predicted molar refractivity (Wildman–Crippen MR) is 152 cm³/mol. The second-order valence-electron chi connectivity index (χ2n) is 10.7. The zero-order valence-electron chi connectivity index (χ0n) is 23.2. The Morgan fingerprint density at radius 3 is 2.40 bits per heavy atom. The van der Waals surface area contributed by atoms with E-state index in [1.165, 1.54) is 25.4 Å². The lowest BCUT2D eigenvalue weighted by molar-refractivity contribution is -0.904. The maximum Gasteiger partial charge on any atom is 0.235 e. The van der Waals surface area contributed by atoms with Gasteiger partial charge >= 0.3 is 0 Å². The van der Waals surface area contributed by atoms with Crippen molar-refractivity contribution >= 4 is 10.9 Å². The Labute approximate surface area is 233 Å². The van der Waals surface area contributed by atoms with Gasteiger partial charge in [0, 0.05) is 28.5 Å². The van der Waals surface area contributed by atoms with Gasteiger partial charge in [0.2, 0.25) is 12.4 Å². The Kier molecular flexibility index (Phi) is 7.30. The van der Waals surface area contributed by atoms with Crippen LogP contribution in [0.1, 0.15) is 37.5 Å². The summed E-state index contributed by atoms with van der Waals surface area (Å²) in [5, 5.41) is 10.8. The number of halogens is 1. The van der Waals surface area contributed by atoms with Crippen LogP contribution in [-0.2, 0) is 12.0 Å². The summed E-state index contributed by atoms with van der Waals surface area (Å²) in [6.45, 7) is 8.77. The summed E-state index contributed by atoms with van der Waals surface area (Å²) in [6, 6.07) is 21.8. The SMILES string of the molecule is COc1cc(F)ccc1Oc1cc(C(C)(C)C)cc(C)c1-c1cc(OCc2ccccc2)c2c[n+](O)ccc2n1. The molecular formula is C33H32FN2O4+. The molecule has 0 atom stereocenters. The first kappa shape index (κ1) is 26.9. The number of aryl methyl sites for hydroxylation is 1. The molecular weight excluding hydrogens is 507 g/mol. The first-order valence-electron chi connectivity index (χ1n) is 13.0. The number of hydrogen-bond acceptors (Lipinski definition) is 5. The molecule has 2 heterocycles. The van der Waals surface area contributed by atoms with E-state index in [-0.39, 0.29) is 11.2 Å². The van der Waals surface area contributed by atoms with Crippen LogP contribution < -0.4 is 18.9 Å². The van der Waals surface area contributed by atoms with Gasteiger partial charge in [-0.3, -0.25) is 5.21 Å². The molecule has 7 heteroatoms. The monoisotopic (exact) mass is 539 g/mol. The van der Waals surface area contributed by atoms with E-state index in [0.29, 0.717) is 40.5 Å². The third-order valence-corrected chi connectivity index (χ3v) is 6.70. The summed E-state index contributed by atoms with van der Waals surface area (Å²) < 4.78 is 33.1. The predicted octanol–water partition coefficient (Wildman–Crippen LogP) is 7.55. The van der Waals surface area contributed by atoms with Crippen molar-refractivity contribution < 1.29 is 28.5 Å². The lowest BCUT2D eigenvalue weighted by atomic mass is 9.84. The molecule has 0 amide bonds. The molecule has 0 spiro atoms. The molecule has 0 aliphatic carbocycles. The van der Waals surface area contributed by atoms with Gasteiger partial charge in [0.25, 0.3) is 0 Å². The molecule has 0 saturated heterocycles. The highest BCUT2D eigenvalue weighted by Crippen LogP contribution is 2.43. The molecule has 0 aliphatic rings. The van der Waals surface area contributed by atoms with E-state index in [1.54, 1.807) is 18.3 Å². The Bertz CT molecular complexity index is 1680. The van der Waals surface area contributed by atoms with Crippen molar-refractivity contribution in [3.05, 3.63) is 108 Å². The Hall–Kier alpha value is -4.65. The van der Waals surface area contributed by atoms with Crippen molar-refractivity contribution in [2.75, 3.05) is 7.11 Å². The molecule has 5 aromatic rings. The Morgan fingerprint density at radius 1 is 0.900 bits per heavy atom. The lowest BCUT2D eigenvalue weighted by Gasteiger charge is -2.24. The van der Waals surface area contributed by atoms with E-state index in [4.69, 9.17) is 19.2 Å². The molecule has 3 aromatic carbocycles. The molecule has 0 radical (unpaired) electrons. The summed E-state index contributed by atoms with van der Waals surface area (Å²) in [4.78, 5) is 4.94. The van der Waals surface area contributed by atoms with Crippen LogP contribution in [0.15, 0.2) is 85.2 Å². The number of nitrogens with zero attached hydrogens (tertiary/aromatic N) is 2. The number of methoxy groups -OCH3 is 1. The molecule has 0 bridgehead atoms. The number of aromatic nitrogens is 2. The van der Waals surface area contributed by atoms with E-state index in [1.807, 2.05) is 49.4 Å². The van der Waals surface area contributed by atoms with Gasteiger partial charge in [0.15, 0.2) is 11.5 Å². The summed E-state index contributed by atoms with van der Waals surface area (Å²) in [5.41, 5.74) is 4.95. The van der Waals surface area contributed by atoms with Crippen LogP contribution in [0, 0.1) is 12.7 Å². The normalized spacial score (nSPS) is 11.4. The van der Waals surface area contributed by atoms with Crippen molar-refractivity contribution in [2.24, 2.45) is 0 Å². The number of pyridine rings is 2. The molecule has 5 rings (SSSR count). The summed E-state index contributed by atoms with van der Waals surface area (Å²) >= 11 is 0. The first-order valence-corrected chi connectivity index (χ1v) is 13.0. The van der Waals surface area contributed by atoms with Crippen LogP contribution in [0.2, 0.25) is 0 Å². The molecule has 0 aliphatic heterocycles. The third kappa shape index (κ3) is 5.69. The molecule has 40 heavy (non-hydrogen) atoms. The summed E-state index contributed by atoms with van der Waals surface area (Å²) in [6.07, 6.45) is 3.10. The lowest BCUT2D eigenvalue weighted by Crippen LogP contribution is -2.28. The summed E-state index contributed by atoms with van der Waals surface area (Å²) in [7, 11) is 1.48. The topological polar surface area (TPSA) is 64.7 Å². The van der Waals surface area contributed by atoms with Gasteiger partial charge in [-0.15, -0.1) is 0 Å². The fourth-order valence-corrected chi connectivity index (χ4v) is 4.55. The highest BCUT2D eigenvalue weighted by atomic mass is 19.1. The van der Waals surface area contributed by atoms with Crippen LogP contribution in [0.5, 0.6) is 23.0 Å². The van der Waals surface area contributed by atoms with E-state index in [0.717, 1.165) is 27.0 Å². The highest BCUT2D eigenvalue weighted by molar-refractivity contribution is 5.88. The van der Waals surface area contributed by atoms with Crippen LogP contribution in [-0.4, -0.2) is 17.3 Å². The van der Waals surface area contributed by atoms with Gasteiger partial charge < -0.3 is 14.2 Å². The van der Waals surface area contributed by atoms with E-state index in [2.05, 4.69) is 26.8 Å². The minimum atomic E-state index is -0.415. The van der Waals surface area contributed by atoms with Crippen LogP contribution in [0.4, 0.5) is 4.39 Å². The van der Waals surface area contributed by atoms with Gasteiger partial charge in [-0.05, 0) is 47.2 Å². The maximum atomic E-state index is 13.9. The fraction of sp³-hybridized carbons (Fsp3) is 0.212. The second-order valence-corrected chi connectivity index (χ2v) is 10.7. The zero-order chi connectivity index (χ0) is 28.4. The maximum absolute atomic E-state index is 13.9. The number of rotatable bonds is 7. The average molecular weight is 540 g/mol. The van der Waals surface area contributed by atoms with Gasteiger partial charge in [0.1, 0.15) is 29.3 Å². The Balaban J connectivity index is 1.68. The van der Waals surface area contributed by atoms with Crippen molar-refractivity contribution in [1.82, 2.24) is 4.98 Å². The van der Waals surface area contributed by atoms with E-state index >= 15 is 0 Å². The van der Waals surface area contributed by atoms with Gasteiger partial charge in [0.05, 0.1) is 18.3 Å². The zero-order valence-corrected chi connectivity index (χ0v) is 23.2. The molecule has 0 saturated carbocycles. The Morgan fingerprint density at radius 2 is 1.68 bits per heavy atom.